The fourth-order valence-corrected chi connectivity index (χ4v) is 3.21. The molecule has 0 saturated carbocycles. The van der Waals surface area contributed by atoms with Gasteiger partial charge in [-0.05, 0) is 43.4 Å². The van der Waals surface area contributed by atoms with Gasteiger partial charge in [0.15, 0.2) is 10.6 Å². The number of fused-ring (bicyclic) bond motifs is 1. The van der Waals surface area contributed by atoms with Crippen molar-refractivity contribution in [2.45, 2.75) is 19.9 Å². The van der Waals surface area contributed by atoms with Crippen molar-refractivity contribution in [3.63, 3.8) is 0 Å². The summed E-state index contributed by atoms with van der Waals surface area (Å²) < 4.78 is 2.35. The number of amides is 1. The van der Waals surface area contributed by atoms with Crippen molar-refractivity contribution in [3.05, 3.63) is 59.0 Å². The highest BCUT2D eigenvalue weighted by molar-refractivity contribution is 7.71. The van der Waals surface area contributed by atoms with Crippen LogP contribution in [0.3, 0.4) is 0 Å². The molecule has 2 aromatic heterocycles. The second kappa shape index (κ2) is 7.16. The van der Waals surface area contributed by atoms with E-state index < -0.39 is 0 Å². The number of rotatable bonds is 5. The van der Waals surface area contributed by atoms with Crippen LogP contribution in [0.15, 0.2) is 48.7 Å². The number of H-pyrrole nitrogens is 2. The van der Waals surface area contributed by atoms with E-state index in [1.807, 2.05) is 54.0 Å². The summed E-state index contributed by atoms with van der Waals surface area (Å²) in [5.41, 5.74) is 3.78. The highest BCUT2D eigenvalue weighted by Gasteiger charge is 2.11. The van der Waals surface area contributed by atoms with E-state index in [1.54, 1.807) is 6.20 Å². The van der Waals surface area contributed by atoms with Crippen LogP contribution < -0.4 is 5.32 Å². The normalized spacial score (nSPS) is 11.0. The number of carbonyl (C=O) groups excluding carboxylic acids is 1. The van der Waals surface area contributed by atoms with Gasteiger partial charge in [0.25, 0.3) is 0 Å². The summed E-state index contributed by atoms with van der Waals surface area (Å²) in [5, 5.41) is 17.9. The average Bonchev–Trinajstić information content (AvgIpc) is 3.26. The molecule has 8 heteroatoms. The SMILES string of the molecule is Cc1cccc(-c2n[nH]c(=S)n2CCC(=O)Nc2ccc3[nH]ncc3c2)c1. The van der Waals surface area contributed by atoms with Gasteiger partial charge >= 0.3 is 0 Å². The highest BCUT2D eigenvalue weighted by atomic mass is 32.1. The van der Waals surface area contributed by atoms with Crippen molar-refractivity contribution in [1.82, 2.24) is 25.0 Å². The quantitative estimate of drug-likeness (QED) is 0.460. The van der Waals surface area contributed by atoms with Crippen LogP contribution in [0.2, 0.25) is 0 Å². The van der Waals surface area contributed by atoms with Crippen molar-refractivity contribution < 1.29 is 4.79 Å². The predicted octanol–water partition coefficient (Wildman–Crippen LogP) is 3.82. The van der Waals surface area contributed by atoms with E-state index in [0.717, 1.165) is 33.5 Å². The van der Waals surface area contributed by atoms with E-state index in [-0.39, 0.29) is 12.3 Å². The summed E-state index contributed by atoms with van der Waals surface area (Å²) in [4.78, 5) is 12.4. The van der Waals surface area contributed by atoms with Gasteiger partial charge < -0.3 is 5.32 Å². The van der Waals surface area contributed by atoms with E-state index in [9.17, 15) is 4.79 Å². The molecule has 0 aliphatic heterocycles. The second-order valence-electron chi connectivity index (χ2n) is 6.34. The van der Waals surface area contributed by atoms with Gasteiger partial charge in [0.05, 0.1) is 11.7 Å². The Labute approximate surface area is 160 Å². The fraction of sp³-hybridized carbons (Fsp3) is 0.158. The Bertz CT molecular complexity index is 1170. The Morgan fingerprint density at radius 1 is 1.22 bits per heavy atom. The van der Waals surface area contributed by atoms with Gasteiger partial charge in [-0.2, -0.15) is 10.2 Å². The molecule has 0 unspecified atom stereocenters. The van der Waals surface area contributed by atoms with Crippen LogP contribution in [0, 0.1) is 11.7 Å². The lowest BCUT2D eigenvalue weighted by Gasteiger charge is -2.08. The van der Waals surface area contributed by atoms with Gasteiger partial charge in [-0.1, -0.05) is 23.8 Å². The Balaban J connectivity index is 1.47. The molecule has 0 spiro atoms. The minimum absolute atomic E-state index is 0.0869. The molecule has 0 aliphatic rings. The minimum Gasteiger partial charge on any atom is -0.326 e. The van der Waals surface area contributed by atoms with E-state index in [2.05, 4.69) is 25.7 Å². The van der Waals surface area contributed by atoms with Gasteiger partial charge in [-0.3, -0.25) is 19.6 Å². The summed E-state index contributed by atoms with van der Waals surface area (Å²) in [6, 6.07) is 13.7. The van der Waals surface area contributed by atoms with Crippen molar-refractivity contribution in [2.24, 2.45) is 0 Å². The van der Waals surface area contributed by atoms with Crippen LogP contribution in [0.5, 0.6) is 0 Å². The molecule has 1 amide bonds. The topological polar surface area (TPSA) is 91.4 Å². The highest BCUT2D eigenvalue weighted by Crippen LogP contribution is 2.20. The van der Waals surface area contributed by atoms with Crippen LogP contribution in [-0.2, 0) is 11.3 Å². The molecule has 136 valence electrons. The summed E-state index contributed by atoms with van der Waals surface area (Å²) >= 11 is 5.33. The van der Waals surface area contributed by atoms with E-state index in [1.165, 1.54) is 0 Å². The van der Waals surface area contributed by atoms with Crippen molar-refractivity contribution in [3.8, 4) is 11.4 Å². The molecule has 0 radical (unpaired) electrons. The number of aryl methyl sites for hydroxylation is 1. The lowest BCUT2D eigenvalue weighted by atomic mass is 10.1. The summed E-state index contributed by atoms with van der Waals surface area (Å²) in [6.45, 7) is 2.47. The smallest absolute Gasteiger partial charge is 0.226 e. The number of nitrogens with zero attached hydrogens (tertiary/aromatic N) is 3. The van der Waals surface area contributed by atoms with Crippen LogP contribution in [0.1, 0.15) is 12.0 Å². The Morgan fingerprint density at radius 3 is 2.96 bits per heavy atom. The van der Waals surface area contributed by atoms with Gasteiger partial charge in [-0.15, -0.1) is 0 Å². The maximum atomic E-state index is 12.4. The van der Waals surface area contributed by atoms with Gasteiger partial charge in [-0.25, -0.2) is 0 Å². The van der Waals surface area contributed by atoms with Crippen LogP contribution in [-0.4, -0.2) is 30.9 Å². The molecule has 27 heavy (non-hydrogen) atoms. The molecule has 7 nitrogen and oxygen atoms in total. The van der Waals surface area contributed by atoms with E-state index >= 15 is 0 Å². The molecule has 0 fully saturated rings. The lowest BCUT2D eigenvalue weighted by Crippen LogP contribution is -2.15. The first-order chi connectivity index (χ1) is 13.1. The number of hydrogen-bond donors (Lipinski definition) is 3. The third-order valence-corrected chi connectivity index (χ3v) is 4.63. The molecule has 0 aliphatic carbocycles. The molecular formula is C19H18N6OS. The summed E-state index contributed by atoms with van der Waals surface area (Å²) in [6.07, 6.45) is 2.01. The molecule has 2 heterocycles. The number of anilines is 1. The zero-order chi connectivity index (χ0) is 18.8. The molecule has 0 saturated heterocycles. The number of benzene rings is 2. The van der Waals surface area contributed by atoms with E-state index in [4.69, 9.17) is 12.2 Å². The van der Waals surface area contributed by atoms with Gasteiger partial charge in [0.2, 0.25) is 5.91 Å². The monoisotopic (exact) mass is 378 g/mol. The van der Waals surface area contributed by atoms with Crippen molar-refractivity contribution in [1.29, 1.82) is 0 Å². The Kier molecular flexibility index (Phi) is 4.55. The first kappa shape index (κ1) is 17.2. The minimum atomic E-state index is -0.0869. The maximum Gasteiger partial charge on any atom is 0.226 e. The molecule has 4 aromatic rings. The molecule has 0 atom stereocenters. The zero-order valence-electron chi connectivity index (χ0n) is 14.7. The van der Waals surface area contributed by atoms with Crippen LogP contribution in [0.25, 0.3) is 22.3 Å². The third kappa shape index (κ3) is 3.65. The van der Waals surface area contributed by atoms with Gasteiger partial charge in [0.1, 0.15) is 0 Å². The first-order valence-corrected chi connectivity index (χ1v) is 8.96. The van der Waals surface area contributed by atoms with Crippen LogP contribution >= 0.6 is 12.2 Å². The molecule has 2 aromatic carbocycles. The summed E-state index contributed by atoms with van der Waals surface area (Å²) in [7, 11) is 0. The fourth-order valence-electron chi connectivity index (χ4n) is 2.99. The molecule has 4 rings (SSSR count). The first-order valence-electron chi connectivity index (χ1n) is 8.55. The number of aromatic amines is 2. The molecular weight excluding hydrogens is 360 g/mol. The predicted molar refractivity (Wildman–Crippen MR) is 107 cm³/mol. The zero-order valence-corrected chi connectivity index (χ0v) is 15.5. The number of aromatic nitrogens is 5. The van der Waals surface area contributed by atoms with Gasteiger partial charge in [0, 0.05) is 29.6 Å². The van der Waals surface area contributed by atoms with E-state index in [0.29, 0.717) is 11.3 Å². The number of nitrogens with one attached hydrogen (secondary N) is 3. The summed E-state index contributed by atoms with van der Waals surface area (Å²) in [5.74, 6) is 0.646. The largest absolute Gasteiger partial charge is 0.326 e. The third-order valence-electron chi connectivity index (χ3n) is 4.32. The van der Waals surface area contributed by atoms with Crippen molar-refractivity contribution in [2.75, 3.05) is 5.32 Å². The van der Waals surface area contributed by atoms with Crippen molar-refractivity contribution >= 4 is 34.7 Å². The number of carbonyl (C=O) groups is 1. The number of hydrogen-bond acceptors (Lipinski definition) is 4. The second-order valence-corrected chi connectivity index (χ2v) is 6.73. The standard InChI is InChI=1S/C19H18N6OS/c1-12-3-2-4-13(9-12)18-23-24-19(27)25(18)8-7-17(26)21-15-5-6-16-14(10-15)11-20-22-16/h2-6,9-11H,7-8H2,1H3,(H,20,22)(H,21,26)(H,24,27). The molecule has 3 N–H and O–H groups in total. The van der Waals surface area contributed by atoms with Crippen LogP contribution in [0.4, 0.5) is 5.69 Å². The lowest BCUT2D eigenvalue weighted by molar-refractivity contribution is -0.116. The molecule has 0 bridgehead atoms. The Morgan fingerprint density at radius 2 is 2.11 bits per heavy atom. The maximum absolute atomic E-state index is 12.4. The average molecular weight is 378 g/mol. The Hall–Kier alpha value is -3.26.